The molecule has 0 aliphatic rings. The molecule has 94 valence electrons. The topological polar surface area (TPSA) is 46.5 Å². The summed E-state index contributed by atoms with van der Waals surface area (Å²) in [7, 11) is 0. The van der Waals surface area contributed by atoms with Crippen LogP contribution in [0.1, 0.15) is 37.6 Å². The van der Waals surface area contributed by atoms with Crippen LogP contribution >= 0.6 is 0 Å². The maximum absolute atomic E-state index is 11.6. The Morgan fingerprint density at radius 2 is 1.94 bits per heavy atom. The fraction of sp³-hybridized carbons (Fsp3) is 0.500. The van der Waals surface area contributed by atoms with Crippen molar-refractivity contribution in [3.8, 4) is 0 Å². The van der Waals surface area contributed by atoms with Gasteiger partial charge in [-0.1, -0.05) is 32.0 Å². The fourth-order valence-electron chi connectivity index (χ4n) is 1.27. The molecule has 0 saturated heterocycles. The summed E-state index contributed by atoms with van der Waals surface area (Å²) in [6.07, 6.45) is 0.224. The number of hydrogen-bond donors (Lipinski definition) is 1. The van der Waals surface area contributed by atoms with Crippen molar-refractivity contribution >= 4 is 5.97 Å². The molecule has 0 spiro atoms. The highest BCUT2D eigenvalue weighted by Crippen LogP contribution is 2.24. The second-order valence-corrected chi connectivity index (χ2v) is 4.92. The van der Waals surface area contributed by atoms with Gasteiger partial charge < -0.3 is 9.84 Å². The normalized spacial score (nSPS) is 13.2. The second-order valence-electron chi connectivity index (χ2n) is 4.92. The largest absolute Gasteiger partial charge is 0.462 e. The molecule has 0 heterocycles. The third-order valence-electron chi connectivity index (χ3n) is 3.12. The zero-order valence-electron chi connectivity index (χ0n) is 10.6. The van der Waals surface area contributed by atoms with Crippen LogP contribution in [0.2, 0.25) is 0 Å². The molecule has 0 bridgehead atoms. The lowest BCUT2D eigenvalue weighted by atomic mass is 9.84. The van der Waals surface area contributed by atoms with Gasteiger partial charge in [0.05, 0.1) is 18.3 Å². The van der Waals surface area contributed by atoms with Crippen LogP contribution in [0, 0.1) is 5.41 Å². The highest BCUT2D eigenvalue weighted by molar-refractivity contribution is 5.89. The van der Waals surface area contributed by atoms with Crippen LogP contribution in [-0.4, -0.2) is 23.8 Å². The molecule has 0 radical (unpaired) electrons. The van der Waals surface area contributed by atoms with Crippen molar-refractivity contribution in [2.45, 2.75) is 33.3 Å². The van der Waals surface area contributed by atoms with Crippen molar-refractivity contribution in [3.05, 3.63) is 35.9 Å². The standard InChI is InChI=1S/C14H20O3/c1-11(15)14(2,3)9-10-17-13(16)12-7-5-4-6-8-12/h4-8,11,15H,9-10H2,1-3H3. The van der Waals surface area contributed by atoms with Gasteiger partial charge in [0.15, 0.2) is 0 Å². The molecule has 3 nitrogen and oxygen atoms in total. The number of benzene rings is 1. The number of carbonyl (C=O) groups is 1. The average Bonchev–Trinajstić information content (AvgIpc) is 2.29. The first-order chi connectivity index (χ1) is 7.93. The molecule has 17 heavy (non-hydrogen) atoms. The van der Waals surface area contributed by atoms with E-state index >= 15 is 0 Å². The summed E-state index contributed by atoms with van der Waals surface area (Å²) in [5.41, 5.74) is 0.319. The first-order valence-electron chi connectivity index (χ1n) is 5.84. The van der Waals surface area contributed by atoms with Crippen molar-refractivity contribution in [3.63, 3.8) is 0 Å². The molecule has 1 aromatic rings. The molecular weight excluding hydrogens is 216 g/mol. The van der Waals surface area contributed by atoms with Crippen molar-refractivity contribution in [2.24, 2.45) is 5.41 Å². The Balaban J connectivity index is 2.40. The third-order valence-corrected chi connectivity index (χ3v) is 3.12. The smallest absolute Gasteiger partial charge is 0.338 e. The van der Waals surface area contributed by atoms with Gasteiger partial charge in [0, 0.05) is 0 Å². The van der Waals surface area contributed by atoms with Crippen LogP contribution in [-0.2, 0) is 4.74 Å². The van der Waals surface area contributed by atoms with Crippen LogP contribution in [0.25, 0.3) is 0 Å². The summed E-state index contributed by atoms with van der Waals surface area (Å²) in [6.45, 7) is 5.98. The van der Waals surface area contributed by atoms with Crippen LogP contribution in [0.15, 0.2) is 30.3 Å². The summed E-state index contributed by atoms with van der Waals surface area (Å²) < 4.78 is 5.16. The van der Waals surface area contributed by atoms with Gasteiger partial charge in [0.2, 0.25) is 0 Å². The molecule has 0 aromatic heterocycles. The van der Waals surface area contributed by atoms with E-state index in [1.807, 2.05) is 19.9 Å². The predicted molar refractivity (Wildman–Crippen MR) is 66.8 cm³/mol. The molecule has 3 heteroatoms. The van der Waals surface area contributed by atoms with E-state index in [1.165, 1.54) is 0 Å². The average molecular weight is 236 g/mol. The van der Waals surface area contributed by atoms with Crippen molar-refractivity contribution in [1.29, 1.82) is 0 Å². The molecule has 1 atom stereocenters. The second kappa shape index (κ2) is 5.82. The Bertz CT molecular complexity index is 355. The maximum atomic E-state index is 11.6. The lowest BCUT2D eigenvalue weighted by Crippen LogP contribution is -2.28. The first-order valence-corrected chi connectivity index (χ1v) is 5.84. The van der Waals surface area contributed by atoms with Crippen molar-refractivity contribution in [1.82, 2.24) is 0 Å². The van der Waals surface area contributed by atoms with Crippen molar-refractivity contribution < 1.29 is 14.6 Å². The van der Waals surface area contributed by atoms with Crippen LogP contribution in [0.3, 0.4) is 0 Å². The van der Waals surface area contributed by atoms with E-state index in [0.717, 1.165) is 0 Å². The third kappa shape index (κ3) is 4.19. The molecule has 0 aliphatic heterocycles. The van der Waals surface area contributed by atoms with E-state index < -0.39 is 6.10 Å². The van der Waals surface area contributed by atoms with Gasteiger partial charge in [0.25, 0.3) is 0 Å². The number of aliphatic hydroxyl groups excluding tert-OH is 1. The van der Waals surface area contributed by atoms with E-state index in [0.29, 0.717) is 18.6 Å². The van der Waals surface area contributed by atoms with Gasteiger partial charge in [0.1, 0.15) is 0 Å². The molecule has 0 saturated carbocycles. The quantitative estimate of drug-likeness (QED) is 0.799. The Kier molecular flexibility index (Phi) is 4.70. The Labute approximate surface area is 102 Å². The van der Waals surface area contributed by atoms with Crippen LogP contribution in [0.5, 0.6) is 0 Å². The highest BCUT2D eigenvalue weighted by atomic mass is 16.5. The zero-order chi connectivity index (χ0) is 12.9. The Morgan fingerprint density at radius 1 is 1.35 bits per heavy atom. The van der Waals surface area contributed by atoms with E-state index in [2.05, 4.69) is 0 Å². The summed E-state index contributed by atoms with van der Waals surface area (Å²) in [4.78, 5) is 11.6. The molecular formula is C14H20O3. The van der Waals surface area contributed by atoms with Crippen LogP contribution in [0.4, 0.5) is 0 Å². The van der Waals surface area contributed by atoms with E-state index in [9.17, 15) is 9.90 Å². The molecule has 1 unspecified atom stereocenters. The number of rotatable bonds is 5. The Hall–Kier alpha value is -1.35. The number of esters is 1. The Morgan fingerprint density at radius 3 is 2.47 bits per heavy atom. The van der Waals surface area contributed by atoms with Gasteiger partial charge in [-0.05, 0) is 30.9 Å². The molecule has 0 fully saturated rings. The van der Waals surface area contributed by atoms with Gasteiger partial charge >= 0.3 is 5.97 Å². The number of carbonyl (C=O) groups excluding carboxylic acids is 1. The minimum atomic E-state index is -0.419. The van der Waals surface area contributed by atoms with Gasteiger partial charge in [-0.2, -0.15) is 0 Å². The zero-order valence-corrected chi connectivity index (χ0v) is 10.6. The van der Waals surface area contributed by atoms with Gasteiger partial charge in [-0.3, -0.25) is 0 Å². The van der Waals surface area contributed by atoms with Gasteiger partial charge in [-0.25, -0.2) is 4.79 Å². The maximum Gasteiger partial charge on any atom is 0.338 e. The first kappa shape index (κ1) is 13.7. The SMILES string of the molecule is CC(O)C(C)(C)CCOC(=O)c1ccccc1. The highest BCUT2D eigenvalue weighted by Gasteiger charge is 2.24. The summed E-state index contributed by atoms with van der Waals surface area (Å²) in [5.74, 6) is -0.313. The minimum Gasteiger partial charge on any atom is -0.462 e. The molecule has 1 N–H and O–H groups in total. The van der Waals surface area contributed by atoms with Gasteiger partial charge in [-0.15, -0.1) is 0 Å². The van der Waals surface area contributed by atoms with Crippen molar-refractivity contribution in [2.75, 3.05) is 6.61 Å². The number of aliphatic hydroxyl groups is 1. The molecule has 1 rings (SSSR count). The lowest BCUT2D eigenvalue weighted by molar-refractivity contribution is 0.0238. The summed E-state index contributed by atoms with van der Waals surface area (Å²) in [5, 5.41) is 9.52. The summed E-state index contributed by atoms with van der Waals surface area (Å²) >= 11 is 0. The lowest BCUT2D eigenvalue weighted by Gasteiger charge is -2.27. The molecule has 1 aromatic carbocycles. The minimum absolute atomic E-state index is 0.239. The monoisotopic (exact) mass is 236 g/mol. The number of ether oxygens (including phenoxy) is 1. The number of hydrogen-bond acceptors (Lipinski definition) is 3. The van der Waals surface area contributed by atoms with E-state index in [4.69, 9.17) is 4.74 Å². The van der Waals surface area contributed by atoms with E-state index in [1.54, 1.807) is 31.2 Å². The van der Waals surface area contributed by atoms with E-state index in [-0.39, 0.29) is 11.4 Å². The predicted octanol–water partition coefficient (Wildman–Crippen LogP) is 2.64. The summed E-state index contributed by atoms with van der Waals surface area (Å²) in [6, 6.07) is 8.91. The van der Waals surface area contributed by atoms with Crippen LogP contribution < -0.4 is 0 Å². The molecule has 0 amide bonds. The molecule has 0 aliphatic carbocycles. The fourth-order valence-corrected chi connectivity index (χ4v) is 1.27.